The Kier molecular flexibility index (Phi) is 2.83. The Morgan fingerprint density at radius 2 is 2.35 bits per heavy atom. The Bertz CT molecular complexity index is 538. The molecule has 3 N–H and O–H groups in total. The van der Waals surface area contributed by atoms with Crippen molar-refractivity contribution in [2.24, 2.45) is 5.10 Å². The van der Waals surface area contributed by atoms with Gasteiger partial charge in [0.1, 0.15) is 23.2 Å². The number of hydrazone groups is 1. The van der Waals surface area contributed by atoms with Crippen molar-refractivity contribution in [1.29, 1.82) is 5.26 Å². The van der Waals surface area contributed by atoms with Crippen molar-refractivity contribution in [3.63, 3.8) is 0 Å². The molecule has 8 nitrogen and oxygen atoms in total. The summed E-state index contributed by atoms with van der Waals surface area (Å²) < 4.78 is 0. The number of hydrogen-bond acceptors (Lipinski definition) is 5. The van der Waals surface area contributed by atoms with E-state index in [1.807, 2.05) is 6.07 Å². The molecule has 86 valence electrons. The summed E-state index contributed by atoms with van der Waals surface area (Å²) in [6.07, 6.45) is 1.80. The molecule has 0 spiro atoms. The van der Waals surface area contributed by atoms with E-state index in [0.717, 1.165) is 0 Å². The van der Waals surface area contributed by atoms with Gasteiger partial charge in [0.25, 0.3) is 5.91 Å². The van der Waals surface area contributed by atoms with Crippen LogP contribution >= 0.6 is 0 Å². The maximum absolute atomic E-state index is 11.7. The normalized spacial score (nSPS) is 14.5. The van der Waals surface area contributed by atoms with Gasteiger partial charge in [0, 0.05) is 12.8 Å². The van der Waals surface area contributed by atoms with Crippen molar-refractivity contribution < 1.29 is 9.59 Å². The standard InChI is InChI=1S/C9H8N6O2/c10-3-5-4-11-15-8(5)12-9(17)6-1-2-7(16)14-13-6/h4H,1-2H2,(H,14,16)(H2,11,12,15,17). The Morgan fingerprint density at radius 3 is 3.00 bits per heavy atom. The van der Waals surface area contributed by atoms with E-state index in [1.54, 1.807) is 0 Å². The molecule has 0 radical (unpaired) electrons. The monoisotopic (exact) mass is 232 g/mol. The maximum Gasteiger partial charge on any atom is 0.273 e. The van der Waals surface area contributed by atoms with Crippen molar-refractivity contribution in [2.75, 3.05) is 5.32 Å². The predicted molar refractivity (Wildman–Crippen MR) is 56.7 cm³/mol. The van der Waals surface area contributed by atoms with Crippen LogP contribution < -0.4 is 10.7 Å². The van der Waals surface area contributed by atoms with E-state index < -0.39 is 5.91 Å². The topological polar surface area (TPSA) is 123 Å². The molecule has 0 atom stereocenters. The van der Waals surface area contributed by atoms with Crippen LogP contribution in [0.4, 0.5) is 5.82 Å². The van der Waals surface area contributed by atoms with Crippen LogP contribution in [-0.4, -0.2) is 27.7 Å². The first-order valence-electron chi connectivity index (χ1n) is 4.81. The Balaban J connectivity index is 2.08. The molecule has 17 heavy (non-hydrogen) atoms. The van der Waals surface area contributed by atoms with Gasteiger partial charge in [-0.1, -0.05) is 0 Å². The largest absolute Gasteiger partial charge is 0.305 e. The minimum atomic E-state index is -0.467. The average molecular weight is 232 g/mol. The molecular weight excluding hydrogens is 224 g/mol. The third-order valence-corrected chi connectivity index (χ3v) is 2.16. The van der Waals surface area contributed by atoms with Gasteiger partial charge in [-0.3, -0.25) is 14.7 Å². The molecule has 0 saturated heterocycles. The number of carbonyl (C=O) groups excluding carboxylic acids is 2. The highest BCUT2D eigenvalue weighted by atomic mass is 16.2. The summed E-state index contributed by atoms with van der Waals surface area (Å²) in [5.74, 6) is -0.469. The smallest absolute Gasteiger partial charge is 0.273 e. The third kappa shape index (κ3) is 2.28. The fraction of sp³-hybridized carbons (Fsp3) is 0.222. The molecule has 2 amide bonds. The number of nitriles is 1. The summed E-state index contributed by atoms with van der Waals surface area (Å²) in [7, 11) is 0. The lowest BCUT2D eigenvalue weighted by Gasteiger charge is -2.11. The van der Waals surface area contributed by atoms with Gasteiger partial charge in [-0.15, -0.1) is 0 Å². The number of carbonyl (C=O) groups is 2. The second-order valence-corrected chi connectivity index (χ2v) is 3.32. The molecule has 1 aromatic rings. The maximum atomic E-state index is 11.7. The van der Waals surface area contributed by atoms with Gasteiger partial charge in [-0.05, 0) is 0 Å². The number of rotatable bonds is 2. The highest BCUT2D eigenvalue weighted by molar-refractivity contribution is 6.43. The lowest BCUT2D eigenvalue weighted by molar-refractivity contribution is -0.121. The number of nitrogens with one attached hydrogen (secondary N) is 3. The van der Waals surface area contributed by atoms with Crippen molar-refractivity contribution in [2.45, 2.75) is 12.8 Å². The van der Waals surface area contributed by atoms with Crippen LogP contribution in [0.25, 0.3) is 0 Å². The quantitative estimate of drug-likeness (QED) is 0.635. The number of hydrogen-bond donors (Lipinski definition) is 3. The molecule has 1 aliphatic heterocycles. The summed E-state index contributed by atoms with van der Waals surface area (Å²) in [4.78, 5) is 22.5. The van der Waals surface area contributed by atoms with Crippen LogP contribution in [0.15, 0.2) is 11.3 Å². The van der Waals surface area contributed by atoms with Crippen molar-refractivity contribution in [1.82, 2.24) is 15.6 Å². The van der Waals surface area contributed by atoms with E-state index >= 15 is 0 Å². The van der Waals surface area contributed by atoms with E-state index in [-0.39, 0.29) is 35.8 Å². The van der Waals surface area contributed by atoms with E-state index in [4.69, 9.17) is 5.26 Å². The average Bonchev–Trinajstić information content (AvgIpc) is 2.77. The molecule has 0 fully saturated rings. The van der Waals surface area contributed by atoms with Crippen LogP contribution in [0.5, 0.6) is 0 Å². The highest BCUT2D eigenvalue weighted by Gasteiger charge is 2.19. The number of H-pyrrole nitrogens is 1. The molecule has 0 aliphatic carbocycles. The molecule has 0 saturated carbocycles. The highest BCUT2D eigenvalue weighted by Crippen LogP contribution is 2.10. The first kappa shape index (κ1) is 10.8. The zero-order valence-corrected chi connectivity index (χ0v) is 8.65. The Hall–Kier alpha value is -2.69. The number of nitrogens with zero attached hydrogens (tertiary/aromatic N) is 3. The van der Waals surface area contributed by atoms with Gasteiger partial charge in [-0.2, -0.15) is 15.5 Å². The fourth-order valence-corrected chi connectivity index (χ4v) is 1.29. The second kappa shape index (κ2) is 4.44. The Morgan fingerprint density at radius 1 is 1.53 bits per heavy atom. The Labute approximate surface area is 95.7 Å². The van der Waals surface area contributed by atoms with E-state index in [9.17, 15) is 9.59 Å². The second-order valence-electron chi connectivity index (χ2n) is 3.32. The first-order chi connectivity index (χ1) is 8.20. The van der Waals surface area contributed by atoms with E-state index in [0.29, 0.717) is 0 Å². The number of anilines is 1. The first-order valence-corrected chi connectivity index (χ1v) is 4.81. The van der Waals surface area contributed by atoms with Crippen LogP contribution in [0.1, 0.15) is 18.4 Å². The SMILES string of the molecule is N#Cc1cn[nH]c1NC(=O)C1=NNC(=O)CC1. The van der Waals surface area contributed by atoms with Gasteiger partial charge >= 0.3 is 0 Å². The van der Waals surface area contributed by atoms with Gasteiger partial charge < -0.3 is 5.32 Å². The molecule has 2 heterocycles. The molecule has 1 aliphatic rings. The van der Waals surface area contributed by atoms with Crippen molar-refractivity contribution in [3.05, 3.63) is 11.8 Å². The predicted octanol–water partition coefficient (Wildman–Crippen LogP) is -0.514. The molecule has 1 aromatic heterocycles. The van der Waals surface area contributed by atoms with Crippen LogP contribution in [0, 0.1) is 11.3 Å². The summed E-state index contributed by atoms with van der Waals surface area (Å²) >= 11 is 0. The minimum Gasteiger partial charge on any atom is -0.305 e. The van der Waals surface area contributed by atoms with Crippen LogP contribution in [0.2, 0.25) is 0 Å². The molecule has 0 aromatic carbocycles. The van der Waals surface area contributed by atoms with Crippen molar-refractivity contribution >= 4 is 23.3 Å². The number of amides is 2. The molecule has 8 heteroatoms. The number of aromatic nitrogens is 2. The van der Waals surface area contributed by atoms with Gasteiger partial charge in [-0.25, -0.2) is 5.43 Å². The zero-order valence-electron chi connectivity index (χ0n) is 8.65. The fourth-order valence-electron chi connectivity index (χ4n) is 1.29. The summed E-state index contributed by atoms with van der Waals surface area (Å²) in [5.41, 5.74) is 2.66. The van der Waals surface area contributed by atoms with Crippen molar-refractivity contribution in [3.8, 4) is 6.07 Å². The number of aromatic amines is 1. The lowest BCUT2D eigenvalue weighted by Crippen LogP contribution is -2.33. The third-order valence-electron chi connectivity index (χ3n) is 2.16. The van der Waals surface area contributed by atoms with E-state index in [2.05, 4.69) is 26.0 Å². The van der Waals surface area contributed by atoms with Crippen LogP contribution in [0.3, 0.4) is 0 Å². The summed E-state index contributed by atoms with van der Waals surface area (Å²) in [6, 6.07) is 1.87. The van der Waals surface area contributed by atoms with E-state index in [1.165, 1.54) is 6.20 Å². The van der Waals surface area contributed by atoms with Gasteiger partial charge in [0.2, 0.25) is 5.91 Å². The molecular formula is C9H8N6O2. The van der Waals surface area contributed by atoms with Gasteiger partial charge in [0.15, 0.2) is 0 Å². The van der Waals surface area contributed by atoms with Crippen LogP contribution in [-0.2, 0) is 9.59 Å². The molecule has 2 rings (SSSR count). The minimum absolute atomic E-state index is 0.211. The summed E-state index contributed by atoms with van der Waals surface area (Å²) in [6.45, 7) is 0. The summed E-state index contributed by atoms with van der Waals surface area (Å²) in [5, 5.41) is 20.9. The zero-order chi connectivity index (χ0) is 12.3. The molecule has 0 bridgehead atoms. The van der Waals surface area contributed by atoms with Gasteiger partial charge in [0.05, 0.1) is 6.20 Å². The molecule has 0 unspecified atom stereocenters. The lowest BCUT2D eigenvalue weighted by atomic mass is 10.1.